The molecule has 142 valence electrons. The van der Waals surface area contributed by atoms with Gasteiger partial charge in [0, 0.05) is 31.0 Å². The van der Waals surface area contributed by atoms with E-state index < -0.39 is 10.0 Å². The maximum absolute atomic E-state index is 12.9. The molecule has 0 spiro atoms. The monoisotopic (exact) mass is 387 g/mol. The van der Waals surface area contributed by atoms with Gasteiger partial charge in [-0.2, -0.15) is 0 Å². The molecular weight excluding hydrogens is 366 g/mol. The van der Waals surface area contributed by atoms with E-state index in [0.29, 0.717) is 29.9 Å². The summed E-state index contributed by atoms with van der Waals surface area (Å²) in [6.07, 6.45) is 5.00. The molecule has 0 bridgehead atoms. The second kappa shape index (κ2) is 7.75. The van der Waals surface area contributed by atoms with Crippen LogP contribution in [0.15, 0.2) is 53.3 Å². The second-order valence-electron chi connectivity index (χ2n) is 6.72. The fourth-order valence-electron chi connectivity index (χ4n) is 3.50. The molecule has 1 aliphatic rings. The average molecular weight is 387 g/mol. The number of aromatic nitrogens is 2. The molecule has 0 unspecified atom stereocenters. The highest BCUT2D eigenvalue weighted by Gasteiger charge is 2.30. The van der Waals surface area contributed by atoms with Gasteiger partial charge in [0.1, 0.15) is 11.4 Å². The predicted molar refractivity (Wildman–Crippen MR) is 100 cm³/mol. The SMILES string of the molecule is O=S(=O)(Cc1noc2ccccc12)N[C@H](c1cccnc1)C1CCOCC1. The molecule has 8 heteroatoms. The molecule has 4 rings (SSSR count). The Morgan fingerprint density at radius 1 is 1.15 bits per heavy atom. The Bertz CT molecular complexity index is 998. The molecule has 3 heterocycles. The summed E-state index contributed by atoms with van der Waals surface area (Å²) in [5, 5.41) is 4.66. The molecule has 0 aliphatic carbocycles. The van der Waals surface area contributed by atoms with Gasteiger partial charge in [-0.1, -0.05) is 23.4 Å². The van der Waals surface area contributed by atoms with Gasteiger partial charge in [0.05, 0.1) is 6.04 Å². The molecule has 2 aromatic heterocycles. The first kappa shape index (κ1) is 18.1. The molecule has 1 aromatic carbocycles. The summed E-state index contributed by atoms with van der Waals surface area (Å²) in [5.74, 6) is -0.0731. The molecule has 27 heavy (non-hydrogen) atoms. The number of nitrogens with zero attached hydrogens (tertiary/aromatic N) is 2. The molecule has 1 fully saturated rings. The molecule has 1 aliphatic heterocycles. The molecule has 0 amide bonds. The summed E-state index contributed by atoms with van der Waals surface area (Å²) < 4.78 is 39.4. The van der Waals surface area contributed by atoms with Crippen molar-refractivity contribution >= 4 is 21.0 Å². The Labute approximate surface area is 157 Å². The fraction of sp³-hybridized carbons (Fsp3) is 0.368. The van der Waals surface area contributed by atoms with Gasteiger partial charge in [-0.15, -0.1) is 0 Å². The van der Waals surface area contributed by atoms with Crippen LogP contribution in [0.4, 0.5) is 0 Å². The molecule has 0 radical (unpaired) electrons. The summed E-state index contributed by atoms with van der Waals surface area (Å²) in [4.78, 5) is 4.15. The first-order valence-electron chi connectivity index (χ1n) is 8.93. The molecule has 1 atom stereocenters. The number of rotatable bonds is 6. The van der Waals surface area contributed by atoms with Gasteiger partial charge < -0.3 is 9.26 Å². The minimum atomic E-state index is -3.63. The number of fused-ring (bicyclic) bond motifs is 1. The van der Waals surface area contributed by atoms with Crippen LogP contribution in [0.2, 0.25) is 0 Å². The summed E-state index contributed by atoms with van der Waals surface area (Å²) in [5.41, 5.74) is 1.85. The Balaban J connectivity index is 1.59. The van der Waals surface area contributed by atoms with Crippen molar-refractivity contribution in [3.8, 4) is 0 Å². The van der Waals surface area contributed by atoms with Crippen molar-refractivity contribution in [2.45, 2.75) is 24.6 Å². The zero-order chi connectivity index (χ0) is 18.7. The Kier molecular flexibility index (Phi) is 5.20. The molecule has 7 nitrogen and oxygen atoms in total. The van der Waals surface area contributed by atoms with Crippen molar-refractivity contribution in [2.24, 2.45) is 5.92 Å². The molecule has 0 saturated carbocycles. The van der Waals surface area contributed by atoms with E-state index in [0.717, 1.165) is 18.4 Å². The standard InChI is InChI=1S/C19H21N3O4S/c23-27(24,13-17-16-5-1-2-6-18(16)26-21-17)22-19(14-7-10-25-11-8-14)15-4-3-9-20-12-15/h1-6,9,12,14,19,22H,7-8,10-11,13H2/t19-/m0/s1. The van der Waals surface area contributed by atoms with E-state index in [1.165, 1.54) is 0 Å². The van der Waals surface area contributed by atoms with Gasteiger partial charge in [0.25, 0.3) is 0 Å². The topological polar surface area (TPSA) is 94.3 Å². The van der Waals surface area contributed by atoms with Gasteiger partial charge in [0.15, 0.2) is 5.58 Å². The number of benzene rings is 1. The lowest BCUT2D eigenvalue weighted by Gasteiger charge is -2.30. The number of ether oxygens (including phenoxy) is 1. The van der Waals surface area contributed by atoms with Crippen LogP contribution in [0, 0.1) is 5.92 Å². The fourth-order valence-corrected chi connectivity index (χ4v) is 4.87. The van der Waals surface area contributed by atoms with Gasteiger partial charge in [0.2, 0.25) is 10.0 Å². The lowest BCUT2D eigenvalue weighted by atomic mass is 9.88. The van der Waals surface area contributed by atoms with Gasteiger partial charge >= 0.3 is 0 Å². The smallest absolute Gasteiger partial charge is 0.218 e. The maximum atomic E-state index is 12.9. The summed E-state index contributed by atoms with van der Waals surface area (Å²) in [7, 11) is -3.63. The van der Waals surface area contributed by atoms with E-state index in [2.05, 4.69) is 14.9 Å². The molecular formula is C19H21N3O4S. The number of pyridine rings is 1. The van der Waals surface area contributed by atoms with Crippen LogP contribution in [-0.2, 0) is 20.5 Å². The molecule has 1 saturated heterocycles. The van der Waals surface area contributed by atoms with Crippen molar-refractivity contribution in [3.05, 3.63) is 60.0 Å². The lowest BCUT2D eigenvalue weighted by molar-refractivity contribution is 0.0564. The lowest BCUT2D eigenvalue weighted by Crippen LogP contribution is -2.36. The number of nitrogens with one attached hydrogen (secondary N) is 1. The molecule has 3 aromatic rings. The third kappa shape index (κ3) is 4.18. The van der Waals surface area contributed by atoms with Crippen molar-refractivity contribution < 1.29 is 17.7 Å². The van der Waals surface area contributed by atoms with Crippen molar-refractivity contribution in [2.75, 3.05) is 13.2 Å². The number of sulfonamides is 1. The van der Waals surface area contributed by atoms with Crippen LogP contribution >= 0.6 is 0 Å². The van der Waals surface area contributed by atoms with Gasteiger partial charge in [-0.05, 0) is 42.5 Å². The number of hydrogen-bond donors (Lipinski definition) is 1. The van der Waals surface area contributed by atoms with Crippen LogP contribution in [-0.4, -0.2) is 31.8 Å². The second-order valence-corrected chi connectivity index (χ2v) is 8.47. The minimum Gasteiger partial charge on any atom is -0.381 e. The van der Waals surface area contributed by atoms with E-state index in [-0.39, 0.29) is 17.7 Å². The zero-order valence-electron chi connectivity index (χ0n) is 14.7. The largest absolute Gasteiger partial charge is 0.381 e. The minimum absolute atomic E-state index is 0.159. The number of para-hydroxylation sites is 1. The van der Waals surface area contributed by atoms with Crippen molar-refractivity contribution in [1.29, 1.82) is 0 Å². The summed E-state index contributed by atoms with van der Waals surface area (Å²) in [6.45, 7) is 1.27. The highest BCUT2D eigenvalue weighted by molar-refractivity contribution is 7.88. The first-order chi connectivity index (χ1) is 13.1. The Morgan fingerprint density at radius 2 is 1.96 bits per heavy atom. The quantitative estimate of drug-likeness (QED) is 0.699. The van der Waals surface area contributed by atoms with E-state index in [1.54, 1.807) is 18.5 Å². The van der Waals surface area contributed by atoms with E-state index >= 15 is 0 Å². The first-order valence-corrected chi connectivity index (χ1v) is 10.6. The maximum Gasteiger partial charge on any atom is 0.218 e. The van der Waals surface area contributed by atoms with Crippen molar-refractivity contribution in [3.63, 3.8) is 0 Å². The zero-order valence-corrected chi connectivity index (χ0v) is 15.6. The highest BCUT2D eigenvalue weighted by atomic mass is 32.2. The summed E-state index contributed by atoms with van der Waals surface area (Å²) in [6, 6.07) is 10.6. The Hall–Kier alpha value is -2.29. The van der Waals surface area contributed by atoms with E-state index in [4.69, 9.17) is 9.26 Å². The normalized spacial score (nSPS) is 17.2. The number of hydrogen-bond acceptors (Lipinski definition) is 6. The third-order valence-corrected chi connectivity index (χ3v) is 6.13. The average Bonchev–Trinajstić information content (AvgIpc) is 3.10. The highest BCUT2D eigenvalue weighted by Crippen LogP contribution is 2.31. The van der Waals surface area contributed by atoms with E-state index in [1.807, 2.05) is 30.3 Å². The predicted octanol–water partition coefficient (Wildman–Crippen LogP) is 2.81. The Morgan fingerprint density at radius 3 is 2.74 bits per heavy atom. The van der Waals surface area contributed by atoms with Gasteiger partial charge in [-0.3, -0.25) is 4.98 Å². The van der Waals surface area contributed by atoms with Crippen LogP contribution in [0.25, 0.3) is 11.0 Å². The third-order valence-electron chi connectivity index (χ3n) is 4.87. The van der Waals surface area contributed by atoms with Crippen LogP contribution in [0.3, 0.4) is 0 Å². The van der Waals surface area contributed by atoms with Crippen LogP contribution in [0.5, 0.6) is 0 Å². The van der Waals surface area contributed by atoms with Gasteiger partial charge in [-0.25, -0.2) is 13.1 Å². The van der Waals surface area contributed by atoms with E-state index in [9.17, 15) is 8.42 Å². The van der Waals surface area contributed by atoms with Crippen molar-refractivity contribution in [1.82, 2.24) is 14.9 Å². The summed E-state index contributed by atoms with van der Waals surface area (Å²) >= 11 is 0. The molecule has 1 N–H and O–H groups in total. The van der Waals surface area contributed by atoms with Crippen LogP contribution < -0.4 is 4.72 Å². The van der Waals surface area contributed by atoms with Crippen LogP contribution in [0.1, 0.15) is 30.1 Å².